The first kappa shape index (κ1) is 12.6. The molecule has 2 aromatic heterocycles. The molecular formula is C16H12BrN3O. The number of alkyl halides is 1. The third-order valence-corrected chi connectivity index (χ3v) is 4.62. The Morgan fingerprint density at radius 2 is 2.19 bits per heavy atom. The standard InChI is InChI=1S/C16H12BrN3O/c17-11-6-3-5-10-15-9-4-1-2-7-12(9)18-14(20-21)8-13(15)19-16(10)11/h1-4,6-8,11,19,21H,5H2. The van der Waals surface area contributed by atoms with Crippen LogP contribution in [0.15, 0.2) is 47.6 Å². The number of hydrogen-bond acceptors (Lipinski definition) is 3. The van der Waals surface area contributed by atoms with Crippen LogP contribution in [-0.2, 0) is 6.42 Å². The second-order valence-electron chi connectivity index (χ2n) is 5.07. The average Bonchev–Trinajstić information content (AvgIpc) is 2.78. The fourth-order valence-corrected chi connectivity index (χ4v) is 3.57. The summed E-state index contributed by atoms with van der Waals surface area (Å²) in [5.41, 5.74) is 4.50. The van der Waals surface area contributed by atoms with Crippen molar-refractivity contribution in [3.05, 3.63) is 59.2 Å². The van der Waals surface area contributed by atoms with Gasteiger partial charge in [0.25, 0.3) is 0 Å². The van der Waals surface area contributed by atoms with Crippen molar-refractivity contribution in [1.82, 2.24) is 9.97 Å². The predicted molar refractivity (Wildman–Crippen MR) is 85.5 cm³/mol. The first-order valence-electron chi connectivity index (χ1n) is 6.71. The lowest BCUT2D eigenvalue weighted by Crippen LogP contribution is -2.02. The van der Waals surface area contributed by atoms with E-state index in [4.69, 9.17) is 5.21 Å². The molecule has 4 rings (SSSR count). The molecule has 2 heterocycles. The molecule has 104 valence electrons. The third-order valence-electron chi connectivity index (χ3n) is 3.85. The summed E-state index contributed by atoms with van der Waals surface area (Å²) in [5, 5.41) is 14.6. The number of benzene rings is 1. The van der Waals surface area contributed by atoms with Crippen molar-refractivity contribution in [3.8, 4) is 0 Å². The van der Waals surface area contributed by atoms with E-state index < -0.39 is 0 Å². The lowest BCUT2D eigenvalue weighted by molar-refractivity contribution is 0.299. The molecule has 2 N–H and O–H groups in total. The van der Waals surface area contributed by atoms with Gasteiger partial charge in [0.2, 0.25) is 0 Å². The minimum Gasteiger partial charge on any atom is -0.409 e. The number of nitrogens with zero attached hydrogens (tertiary/aromatic N) is 2. The van der Waals surface area contributed by atoms with Crippen molar-refractivity contribution in [2.45, 2.75) is 11.2 Å². The Labute approximate surface area is 129 Å². The third kappa shape index (κ3) is 1.88. The molecule has 0 amide bonds. The highest BCUT2D eigenvalue weighted by Gasteiger charge is 2.19. The number of fused-ring (bicyclic) bond motifs is 5. The number of halogens is 1. The van der Waals surface area contributed by atoms with Gasteiger partial charge < -0.3 is 10.2 Å². The molecule has 3 aromatic rings. The Balaban J connectivity index is 2.28. The highest BCUT2D eigenvalue weighted by Crippen LogP contribution is 2.37. The molecule has 1 aliphatic rings. The van der Waals surface area contributed by atoms with Gasteiger partial charge >= 0.3 is 0 Å². The van der Waals surface area contributed by atoms with Crippen molar-refractivity contribution < 1.29 is 5.21 Å². The fraction of sp³-hybridized carbons (Fsp3) is 0.125. The van der Waals surface area contributed by atoms with Crippen LogP contribution >= 0.6 is 15.9 Å². The maximum atomic E-state index is 9.15. The molecule has 4 nitrogen and oxygen atoms in total. The number of aromatic amines is 1. The molecule has 1 aromatic carbocycles. The van der Waals surface area contributed by atoms with E-state index in [0.29, 0.717) is 5.49 Å². The highest BCUT2D eigenvalue weighted by atomic mass is 79.9. The molecule has 0 spiro atoms. The number of hydrogen-bond donors (Lipinski definition) is 2. The summed E-state index contributed by atoms with van der Waals surface area (Å²) >= 11 is 3.67. The van der Waals surface area contributed by atoms with E-state index in [0.717, 1.165) is 33.9 Å². The Kier molecular flexibility index (Phi) is 2.82. The summed E-state index contributed by atoms with van der Waals surface area (Å²) in [4.78, 5) is 8.03. The molecule has 1 atom stereocenters. The zero-order valence-corrected chi connectivity index (χ0v) is 12.6. The molecule has 0 saturated heterocycles. The monoisotopic (exact) mass is 341 g/mol. The molecule has 21 heavy (non-hydrogen) atoms. The topological polar surface area (TPSA) is 61.3 Å². The van der Waals surface area contributed by atoms with Crippen LogP contribution in [0.5, 0.6) is 0 Å². The molecule has 0 aliphatic heterocycles. The number of H-pyrrole nitrogens is 1. The zero-order chi connectivity index (χ0) is 14.4. The second kappa shape index (κ2) is 4.70. The Morgan fingerprint density at radius 3 is 3.05 bits per heavy atom. The van der Waals surface area contributed by atoms with Crippen LogP contribution in [0, 0.1) is 0 Å². The molecular weight excluding hydrogens is 330 g/mol. The van der Waals surface area contributed by atoms with E-state index in [-0.39, 0.29) is 4.83 Å². The van der Waals surface area contributed by atoms with Gasteiger partial charge in [-0.1, -0.05) is 51.4 Å². The first-order chi connectivity index (χ1) is 10.3. The van der Waals surface area contributed by atoms with Crippen molar-refractivity contribution in [3.63, 3.8) is 0 Å². The van der Waals surface area contributed by atoms with Crippen molar-refractivity contribution in [2.75, 3.05) is 0 Å². The summed E-state index contributed by atoms with van der Waals surface area (Å²) in [6.07, 6.45) is 5.19. The second-order valence-corrected chi connectivity index (χ2v) is 6.06. The zero-order valence-electron chi connectivity index (χ0n) is 11.0. The van der Waals surface area contributed by atoms with Crippen LogP contribution in [0.4, 0.5) is 0 Å². The number of nitrogens with one attached hydrogen (secondary N) is 1. The summed E-state index contributed by atoms with van der Waals surface area (Å²) < 4.78 is 0. The van der Waals surface area contributed by atoms with E-state index in [1.165, 1.54) is 5.56 Å². The fourth-order valence-electron chi connectivity index (χ4n) is 2.96. The molecule has 0 radical (unpaired) electrons. The number of para-hydroxylation sites is 1. The predicted octanol–water partition coefficient (Wildman–Crippen LogP) is 3.55. The van der Waals surface area contributed by atoms with Gasteiger partial charge in [-0.25, -0.2) is 4.98 Å². The lowest BCUT2D eigenvalue weighted by Gasteiger charge is -2.11. The molecule has 1 unspecified atom stereocenters. The Bertz CT molecular complexity index is 959. The normalized spacial score (nSPS) is 18.3. The highest BCUT2D eigenvalue weighted by molar-refractivity contribution is 9.09. The quantitative estimate of drug-likeness (QED) is 0.284. The van der Waals surface area contributed by atoms with Gasteiger partial charge in [0.05, 0.1) is 15.9 Å². The van der Waals surface area contributed by atoms with E-state index in [1.54, 1.807) is 6.07 Å². The van der Waals surface area contributed by atoms with Crippen LogP contribution in [0.3, 0.4) is 0 Å². The summed E-state index contributed by atoms with van der Waals surface area (Å²) in [6, 6.07) is 9.72. The molecule has 0 fully saturated rings. The minimum atomic E-state index is 0.181. The first-order valence-corrected chi connectivity index (χ1v) is 7.63. The summed E-state index contributed by atoms with van der Waals surface area (Å²) in [6.45, 7) is 0. The molecule has 0 saturated carbocycles. The summed E-state index contributed by atoms with van der Waals surface area (Å²) in [7, 11) is 0. The van der Waals surface area contributed by atoms with Crippen LogP contribution in [0.2, 0.25) is 0 Å². The number of allylic oxidation sites excluding steroid dienone is 2. The van der Waals surface area contributed by atoms with E-state index in [1.807, 2.05) is 18.2 Å². The van der Waals surface area contributed by atoms with Gasteiger partial charge in [-0.2, -0.15) is 0 Å². The molecule has 1 aliphatic carbocycles. The Morgan fingerprint density at radius 1 is 1.33 bits per heavy atom. The van der Waals surface area contributed by atoms with Crippen LogP contribution in [-0.4, -0.2) is 15.2 Å². The largest absolute Gasteiger partial charge is 0.409 e. The average molecular weight is 342 g/mol. The van der Waals surface area contributed by atoms with Gasteiger partial charge in [-0.05, 0) is 18.1 Å². The van der Waals surface area contributed by atoms with E-state index >= 15 is 0 Å². The lowest BCUT2D eigenvalue weighted by atomic mass is 9.99. The Hall–Kier alpha value is -2.14. The summed E-state index contributed by atoms with van der Waals surface area (Å²) in [5.74, 6) is 0. The van der Waals surface area contributed by atoms with E-state index in [2.05, 4.69) is 49.3 Å². The molecule has 5 heteroatoms. The van der Waals surface area contributed by atoms with E-state index in [9.17, 15) is 0 Å². The van der Waals surface area contributed by atoms with Crippen molar-refractivity contribution >= 4 is 37.7 Å². The maximum absolute atomic E-state index is 9.15. The number of aromatic nitrogens is 2. The van der Waals surface area contributed by atoms with Crippen LogP contribution in [0.25, 0.3) is 21.8 Å². The van der Waals surface area contributed by atoms with Crippen LogP contribution < -0.4 is 5.49 Å². The SMILES string of the molecule is ON=c1cc2[nH]c3c(c2c2ccccc2n1)CC=CC3Br. The molecule has 0 bridgehead atoms. The number of rotatable bonds is 0. The van der Waals surface area contributed by atoms with Gasteiger partial charge in [0.15, 0.2) is 5.49 Å². The van der Waals surface area contributed by atoms with Gasteiger partial charge in [-0.3, -0.25) is 0 Å². The van der Waals surface area contributed by atoms with Gasteiger partial charge in [0, 0.05) is 22.5 Å². The van der Waals surface area contributed by atoms with Crippen LogP contribution in [0.1, 0.15) is 16.1 Å². The van der Waals surface area contributed by atoms with Gasteiger partial charge in [0.1, 0.15) is 0 Å². The van der Waals surface area contributed by atoms with Gasteiger partial charge in [-0.15, -0.1) is 0 Å². The minimum absolute atomic E-state index is 0.181. The maximum Gasteiger partial charge on any atom is 0.193 e. The van der Waals surface area contributed by atoms with Crippen molar-refractivity contribution in [2.24, 2.45) is 5.16 Å². The smallest absolute Gasteiger partial charge is 0.193 e. The van der Waals surface area contributed by atoms with Crippen molar-refractivity contribution in [1.29, 1.82) is 0 Å².